The summed E-state index contributed by atoms with van der Waals surface area (Å²) in [6.07, 6.45) is 0.621. The van der Waals surface area contributed by atoms with Crippen LogP contribution in [0.1, 0.15) is 71.1 Å². The van der Waals surface area contributed by atoms with Gasteiger partial charge in [0.1, 0.15) is 29.9 Å². The molecule has 276 valence electrons. The number of hydrogen-bond donors (Lipinski definition) is 8. The third kappa shape index (κ3) is 10.6. The van der Waals surface area contributed by atoms with Crippen molar-refractivity contribution in [2.75, 3.05) is 6.54 Å². The van der Waals surface area contributed by atoms with Crippen LogP contribution in [0.15, 0.2) is 66.7 Å². The largest absolute Gasteiger partial charge is 0.508 e. The van der Waals surface area contributed by atoms with E-state index in [1.54, 1.807) is 87.5 Å². The molecule has 0 saturated carbocycles. The van der Waals surface area contributed by atoms with Crippen LogP contribution >= 0.6 is 0 Å². The minimum Gasteiger partial charge on any atom is -0.508 e. The molecule has 0 spiro atoms. The molecule has 3 aromatic carbocycles. The lowest BCUT2D eigenvalue weighted by atomic mass is 9.95. The second-order valence-electron chi connectivity index (χ2n) is 13.2. The van der Waals surface area contributed by atoms with E-state index in [9.17, 15) is 33.9 Å². The fourth-order valence-corrected chi connectivity index (χ4v) is 6.15. The minimum absolute atomic E-state index is 0.0989. The quantitative estimate of drug-likeness (QED) is 0.176. The van der Waals surface area contributed by atoms with Crippen molar-refractivity contribution in [2.45, 2.75) is 83.1 Å². The molecule has 52 heavy (non-hydrogen) atoms. The zero-order valence-corrected chi connectivity index (χ0v) is 29.5. The Morgan fingerprint density at radius 1 is 0.827 bits per heavy atom. The summed E-state index contributed by atoms with van der Waals surface area (Å²) in [7, 11) is 0. The van der Waals surface area contributed by atoms with Crippen LogP contribution in [-0.4, -0.2) is 65.2 Å². The number of phenols is 1. The van der Waals surface area contributed by atoms with Crippen LogP contribution in [0.4, 0.5) is 0 Å². The molecular formula is C38H47N7O7. The normalized spacial score (nSPS) is 21.4. The minimum atomic E-state index is -1.37. The van der Waals surface area contributed by atoms with E-state index in [2.05, 4.69) is 26.6 Å². The molecule has 0 bridgehead atoms. The first-order valence-electron chi connectivity index (χ1n) is 17.2. The standard InChI is InChI=1S/C38H47N7O7/c1-21-10-9-13-25(16-21)33-37(51)43-30(34(40)48)20-31(47)41-15-8-7-14-29(36(50)44-32(38(52)45-33)24-11-5-4-6-12-24)42-35(49)28(39)19-27-22(2)17-26(46)18-23(27)3/h4-6,9-13,16-18,28-30,32-33,46H,7-8,14-15,19-20,39H2,1-3H3,(H2,40,48)(H,41,47)(H,42,49)(H,43,51)(H,44,50)(H,45,52)/t28-,29+,30-,32-,33-/m0/s1. The molecule has 3 aromatic rings. The van der Waals surface area contributed by atoms with Gasteiger partial charge in [-0.05, 0) is 86.4 Å². The molecule has 0 radical (unpaired) electrons. The summed E-state index contributed by atoms with van der Waals surface area (Å²) in [5.74, 6) is -4.18. The number of hydrogen-bond acceptors (Lipinski definition) is 8. The topological polar surface area (TPSA) is 235 Å². The van der Waals surface area contributed by atoms with E-state index in [-0.39, 0.29) is 25.1 Å². The molecule has 0 aliphatic carbocycles. The molecule has 6 amide bonds. The Hall–Kier alpha value is -5.76. The number of carbonyl (C=O) groups is 6. The van der Waals surface area contributed by atoms with Crippen molar-refractivity contribution >= 4 is 35.4 Å². The Kier molecular flexibility index (Phi) is 13.5. The Balaban J connectivity index is 1.67. The van der Waals surface area contributed by atoms with Crippen LogP contribution < -0.4 is 38.1 Å². The van der Waals surface area contributed by atoms with Gasteiger partial charge in [0.05, 0.1) is 12.5 Å². The van der Waals surface area contributed by atoms with Gasteiger partial charge in [0.25, 0.3) is 0 Å². The number of rotatable bonds is 7. The van der Waals surface area contributed by atoms with E-state index in [0.717, 1.165) is 22.3 Å². The van der Waals surface area contributed by atoms with E-state index >= 15 is 0 Å². The van der Waals surface area contributed by atoms with Gasteiger partial charge in [-0.2, -0.15) is 0 Å². The summed E-state index contributed by atoms with van der Waals surface area (Å²) in [6.45, 7) is 5.59. The average molecular weight is 714 g/mol. The van der Waals surface area contributed by atoms with E-state index < -0.39 is 72.1 Å². The van der Waals surface area contributed by atoms with Crippen LogP contribution in [0.25, 0.3) is 0 Å². The van der Waals surface area contributed by atoms with Crippen molar-refractivity contribution in [3.05, 3.63) is 100 Å². The first-order valence-corrected chi connectivity index (χ1v) is 17.2. The number of aromatic hydroxyl groups is 1. The van der Waals surface area contributed by atoms with Crippen molar-refractivity contribution in [3.8, 4) is 5.75 Å². The van der Waals surface area contributed by atoms with E-state index in [0.29, 0.717) is 24.0 Å². The smallest absolute Gasteiger partial charge is 0.248 e. The van der Waals surface area contributed by atoms with Gasteiger partial charge < -0.3 is 43.2 Å². The number of benzene rings is 3. The van der Waals surface area contributed by atoms with Gasteiger partial charge in [-0.1, -0.05) is 60.2 Å². The molecule has 1 aliphatic rings. The molecular weight excluding hydrogens is 666 g/mol. The summed E-state index contributed by atoms with van der Waals surface area (Å²) < 4.78 is 0. The molecule has 0 aromatic heterocycles. The maximum atomic E-state index is 14.1. The Morgan fingerprint density at radius 2 is 1.44 bits per heavy atom. The molecule has 10 N–H and O–H groups in total. The van der Waals surface area contributed by atoms with E-state index in [1.165, 1.54) is 0 Å². The third-order valence-corrected chi connectivity index (χ3v) is 8.97. The summed E-state index contributed by atoms with van der Waals surface area (Å²) in [6, 6.07) is 12.2. The van der Waals surface area contributed by atoms with Crippen LogP contribution in [0.2, 0.25) is 0 Å². The van der Waals surface area contributed by atoms with Crippen LogP contribution in [-0.2, 0) is 35.2 Å². The number of amides is 6. The lowest BCUT2D eigenvalue weighted by molar-refractivity contribution is -0.135. The molecule has 14 nitrogen and oxygen atoms in total. The fraction of sp³-hybridized carbons (Fsp3) is 0.368. The van der Waals surface area contributed by atoms with Crippen LogP contribution in [0, 0.1) is 20.8 Å². The van der Waals surface area contributed by atoms with Crippen molar-refractivity contribution in [1.82, 2.24) is 26.6 Å². The molecule has 1 aliphatic heterocycles. The van der Waals surface area contributed by atoms with E-state index in [1.807, 2.05) is 0 Å². The molecule has 0 unspecified atom stereocenters. The molecule has 4 rings (SSSR count). The van der Waals surface area contributed by atoms with Crippen LogP contribution in [0.5, 0.6) is 5.75 Å². The van der Waals surface area contributed by atoms with Crippen molar-refractivity contribution < 1.29 is 33.9 Å². The van der Waals surface area contributed by atoms with Gasteiger partial charge in [0.2, 0.25) is 35.4 Å². The van der Waals surface area contributed by atoms with Crippen molar-refractivity contribution in [1.29, 1.82) is 0 Å². The summed E-state index contributed by atoms with van der Waals surface area (Å²) in [5.41, 5.74) is 15.8. The summed E-state index contributed by atoms with van der Waals surface area (Å²) in [5, 5.41) is 23.4. The predicted molar refractivity (Wildman–Crippen MR) is 193 cm³/mol. The van der Waals surface area contributed by atoms with Crippen molar-refractivity contribution in [3.63, 3.8) is 0 Å². The highest BCUT2D eigenvalue weighted by Gasteiger charge is 2.34. The monoisotopic (exact) mass is 713 g/mol. The Morgan fingerprint density at radius 3 is 2.10 bits per heavy atom. The maximum Gasteiger partial charge on any atom is 0.248 e. The van der Waals surface area contributed by atoms with Gasteiger partial charge in [0, 0.05) is 6.54 Å². The summed E-state index contributed by atoms with van der Waals surface area (Å²) in [4.78, 5) is 80.5. The second kappa shape index (κ2) is 17.9. The number of carbonyl (C=O) groups excluding carboxylic acids is 6. The molecule has 14 heteroatoms. The fourth-order valence-electron chi connectivity index (χ4n) is 6.15. The third-order valence-electron chi connectivity index (χ3n) is 8.97. The Bertz CT molecular complexity index is 1780. The second-order valence-corrected chi connectivity index (χ2v) is 13.2. The highest BCUT2D eigenvalue weighted by Crippen LogP contribution is 2.23. The molecule has 1 fully saturated rings. The Labute approximate surface area is 302 Å². The number of phenolic OH excluding ortho intramolecular Hbond substituents is 1. The highest BCUT2D eigenvalue weighted by atomic mass is 16.3. The number of aryl methyl sites for hydroxylation is 3. The maximum absolute atomic E-state index is 14.1. The first-order chi connectivity index (χ1) is 24.7. The van der Waals surface area contributed by atoms with Crippen molar-refractivity contribution in [2.24, 2.45) is 11.5 Å². The number of nitrogens with two attached hydrogens (primary N) is 2. The summed E-state index contributed by atoms with van der Waals surface area (Å²) >= 11 is 0. The zero-order chi connectivity index (χ0) is 37.9. The lowest BCUT2D eigenvalue weighted by Crippen LogP contribution is -2.54. The van der Waals surface area contributed by atoms with Gasteiger partial charge in [-0.25, -0.2) is 0 Å². The highest BCUT2D eigenvalue weighted by molar-refractivity contribution is 5.97. The van der Waals surface area contributed by atoms with E-state index in [4.69, 9.17) is 11.5 Å². The van der Waals surface area contributed by atoms with Crippen LogP contribution in [0.3, 0.4) is 0 Å². The number of nitrogens with one attached hydrogen (secondary N) is 5. The molecule has 5 atom stereocenters. The molecule has 1 saturated heterocycles. The lowest BCUT2D eigenvalue weighted by Gasteiger charge is -2.27. The van der Waals surface area contributed by atoms with Gasteiger partial charge in [-0.15, -0.1) is 0 Å². The SMILES string of the molecule is Cc1cccc([C@@H]2NC(=O)[C@H](c3ccccc3)NC(=O)[C@H](NC(=O)[C@@H](N)Cc3c(C)cc(O)cc3C)CCCCNC(=O)C[C@@H](C(N)=O)NC2=O)c1. The predicted octanol–water partition coefficient (Wildman–Crippen LogP) is 1.05. The number of primary amides is 1. The van der Waals surface area contributed by atoms with Gasteiger partial charge in [-0.3, -0.25) is 28.8 Å². The van der Waals surface area contributed by atoms with Gasteiger partial charge >= 0.3 is 0 Å². The van der Waals surface area contributed by atoms with Gasteiger partial charge in [0.15, 0.2) is 0 Å². The zero-order valence-electron chi connectivity index (χ0n) is 29.5. The average Bonchev–Trinajstić information content (AvgIpc) is 3.09. The first kappa shape index (κ1) is 39.0. The molecule has 1 heterocycles.